The first-order valence-electron chi connectivity index (χ1n) is 10.1. The van der Waals surface area contributed by atoms with E-state index < -0.39 is 5.97 Å². The van der Waals surface area contributed by atoms with E-state index in [1.54, 1.807) is 25.1 Å². The van der Waals surface area contributed by atoms with E-state index in [0.717, 1.165) is 5.75 Å². The first kappa shape index (κ1) is 24.5. The molecule has 0 spiro atoms. The van der Waals surface area contributed by atoms with Crippen LogP contribution in [0.2, 0.25) is 5.02 Å². The molecule has 0 saturated carbocycles. The third-order valence-corrected chi connectivity index (χ3v) is 5.41. The van der Waals surface area contributed by atoms with Gasteiger partial charge in [-0.3, -0.25) is 4.79 Å². The molecule has 0 bridgehead atoms. The number of hydrogen-bond acceptors (Lipinski definition) is 8. The number of halogens is 1. The van der Waals surface area contributed by atoms with Crippen LogP contribution >= 0.6 is 23.4 Å². The van der Waals surface area contributed by atoms with Crippen LogP contribution in [-0.2, 0) is 14.3 Å². The number of rotatable bonds is 9. The highest BCUT2D eigenvalue weighted by atomic mass is 35.5. The summed E-state index contributed by atoms with van der Waals surface area (Å²) >= 11 is 7.55. The lowest BCUT2D eigenvalue weighted by Gasteiger charge is -2.13. The molecule has 1 heterocycles. The summed E-state index contributed by atoms with van der Waals surface area (Å²) in [5.41, 5.74) is 1.32. The maximum absolute atomic E-state index is 12.4. The van der Waals surface area contributed by atoms with Crippen LogP contribution in [0.15, 0.2) is 46.3 Å². The fraction of sp³-hybridized carbons (Fsp3) is 0.261. The van der Waals surface area contributed by atoms with Crippen LogP contribution in [0, 0.1) is 0 Å². The van der Waals surface area contributed by atoms with E-state index in [2.05, 4.69) is 10.3 Å². The zero-order chi connectivity index (χ0) is 23.8. The predicted octanol–water partition coefficient (Wildman–Crippen LogP) is 4.58. The molecule has 1 aliphatic heterocycles. The van der Waals surface area contributed by atoms with Crippen LogP contribution in [0.25, 0.3) is 6.08 Å². The second-order valence-corrected chi connectivity index (χ2v) is 7.97. The summed E-state index contributed by atoms with van der Waals surface area (Å²) in [6.07, 6.45) is 1.67. The Morgan fingerprint density at radius 2 is 1.91 bits per heavy atom. The minimum absolute atomic E-state index is 0.218. The third kappa shape index (κ3) is 6.66. The minimum Gasteiger partial charge on any atom is -0.494 e. The van der Waals surface area contributed by atoms with Crippen LogP contribution < -0.4 is 19.5 Å². The lowest BCUT2D eigenvalue weighted by molar-refractivity contribution is -0.145. The average molecular weight is 491 g/mol. The Bertz CT molecular complexity index is 1090. The number of carbonyl (C=O) groups excluding carboxylic acids is 2. The Balaban J connectivity index is 1.76. The van der Waals surface area contributed by atoms with Crippen LogP contribution in [-0.4, -0.2) is 44.0 Å². The molecule has 0 aliphatic carbocycles. The Labute approximate surface area is 200 Å². The number of amides is 1. The van der Waals surface area contributed by atoms with Crippen molar-refractivity contribution in [1.29, 1.82) is 0 Å². The van der Waals surface area contributed by atoms with Gasteiger partial charge in [-0.15, -0.1) is 0 Å². The fourth-order valence-electron chi connectivity index (χ4n) is 2.83. The topological polar surface area (TPSA) is 95.5 Å². The molecule has 3 rings (SSSR count). The molecule has 1 aliphatic rings. The number of benzene rings is 2. The predicted molar refractivity (Wildman–Crippen MR) is 129 cm³/mol. The van der Waals surface area contributed by atoms with Gasteiger partial charge < -0.3 is 24.3 Å². The molecule has 0 aromatic heterocycles. The van der Waals surface area contributed by atoms with Gasteiger partial charge in [0.05, 0.1) is 35.9 Å². The Hall–Kier alpha value is -3.17. The van der Waals surface area contributed by atoms with Crippen molar-refractivity contribution in [3.05, 3.63) is 51.9 Å². The first-order valence-corrected chi connectivity index (χ1v) is 11.3. The van der Waals surface area contributed by atoms with Gasteiger partial charge in [-0.1, -0.05) is 11.6 Å². The smallest absolute Gasteiger partial charge is 0.344 e. The van der Waals surface area contributed by atoms with Crippen molar-refractivity contribution < 1.29 is 28.5 Å². The van der Waals surface area contributed by atoms with Gasteiger partial charge in [0.1, 0.15) is 5.75 Å². The summed E-state index contributed by atoms with van der Waals surface area (Å²) in [5.74, 6) is 0.509. The summed E-state index contributed by atoms with van der Waals surface area (Å²) in [4.78, 5) is 28.9. The lowest BCUT2D eigenvalue weighted by Crippen LogP contribution is -2.19. The molecule has 10 heteroatoms. The molecule has 2 aromatic rings. The molecule has 1 saturated heterocycles. The van der Waals surface area contributed by atoms with Gasteiger partial charge in [-0.25, -0.2) is 9.79 Å². The number of nitrogens with one attached hydrogen (secondary N) is 1. The summed E-state index contributed by atoms with van der Waals surface area (Å²) in [6.45, 7) is 4.16. The van der Waals surface area contributed by atoms with Crippen LogP contribution in [0.4, 0.5) is 5.69 Å². The monoisotopic (exact) mass is 490 g/mol. The van der Waals surface area contributed by atoms with E-state index in [1.165, 1.54) is 18.9 Å². The normalized spacial score (nSPS) is 15.5. The minimum atomic E-state index is -0.514. The van der Waals surface area contributed by atoms with Crippen LogP contribution in [0.5, 0.6) is 17.2 Å². The zero-order valence-electron chi connectivity index (χ0n) is 18.3. The molecule has 2 aromatic carbocycles. The zero-order valence-corrected chi connectivity index (χ0v) is 19.9. The second kappa shape index (κ2) is 11.6. The molecule has 8 nitrogen and oxygen atoms in total. The van der Waals surface area contributed by atoms with E-state index in [0.29, 0.717) is 33.7 Å². The number of esters is 1. The Morgan fingerprint density at radius 1 is 1.15 bits per heavy atom. The van der Waals surface area contributed by atoms with Crippen molar-refractivity contribution in [3.63, 3.8) is 0 Å². The van der Waals surface area contributed by atoms with Crippen LogP contribution in [0.1, 0.15) is 19.4 Å². The summed E-state index contributed by atoms with van der Waals surface area (Å²) in [5, 5.41) is 3.44. The number of hydrogen-bond donors (Lipinski definition) is 1. The molecule has 174 valence electrons. The SMILES string of the molecule is CCOC(=O)COc1c(Cl)cc(/C=C2/SC(=Nc3ccc(OCC)cc3)NC2=O)cc1OC. The molecule has 1 fully saturated rings. The first-order chi connectivity index (χ1) is 15.9. The third-order valence-electron chi connectivity index (χ3n) is 4.22. The fourth-order valence-corrected chi connectivity index (χ4v) is 3.95. The van der Waals surface area contributed by atoms with Crippen molar-refractivity contribution in [3.8, 4) is 17.2 Å². The van der Waals surface area contributed by atoms with E-state index in [1.807, 2.05) is 31.2 Å². The standard InChI is InChI=1S/C23H23ClN2O6S/c1-4-30-16-8-6-15(7-9-16)25-23-26-22(28)19(33-23)12-14-10-17(24)21(18(11-14)29-3)32-13-20(27)31-5-2/h6-12H,4-5,13H2,1-3H3,(H,25,26,28)/b19-12+. The van der Waals surface area contributed by atoms with Gasteiger partial charge in [0.15, 0.2) is 23.3 Å². The van der Waals surface area contributed by atoms with Gasteiger partial charge in [-0.05, 0) is 73.6 Å². The van der Waals surface area contributed by atoms with Gasteiger partial charge in [-0.2, -0.15) is 0 Å². The summed E-state index contributed by atoms with van der Waals surface area (Å²) in [7, 11) is 1.46. The number of aliphatic imine (C=N–C) groups is 1. The summed E-state index contributed by atoms with van der Waals surface area (Å²) in [6, 6.07) is 10.5. The van der Waals surface area contributed by atoms with Gasteiger partial charge in [0, 0.05) is 0 Å². The highest BCUT2D eigenvalue weighted by Gasteiger charge is 2.24. The second-order valence-electron chi connectivity index (χ2n) is 6.54. The van der Waals surface area contributed by atoms with E-state index in [4.69, 9.17) is 30.5 Å². The van der Waals surface area contributed by atoms with E-state index >= 15 is 0 Å². The van der Waals surface area contributed by atoms with Crippen LogP contribution in [0.3, 0.4) is 0 Å². The molecule has 1 N–H and O–H groups in total. The molecule has 0 radical (unpaired) electrons. The Kier molecular flexibility index (Phi) is 8.62. The number of amidine groups is 1. The number of ether oxygens (including phenoxy) is 4. The van der Waals surface area contributed by atoms with Crippen molar-refractivity contribution in [2.24, 2.45) is 4.99 Å². The maximum atomic E-state index is 12.4. The van der Waals surface area contributed by atoms with E-state index in [9.17, 15) is 9.59 Å². The van der Waals surface area contributed by atoms with Crippen molar-refractivity contribution in [2.45, 2.75) is 13.8 Å². The molecule has 0 atom stereocenters. The lowest BCUT2D eigenvalue weighted by atomic mass is 10.2. The largest absolute Gasteiger partial charge is 0.494 e. The van der Waals surface area contributed by atoms with E-state index in [-0.39, 0.29) is 29.9 Å². The maximum Gasteiger partial charge on any atom is 0.344 e. The number of nitrogens with zero attached hydrogens (tertiary/aromatic N) is 1. The highest BCUT2D eigenvalue weighted by molar-refractivity contribution is 8.18. The number of carbonyl (C=O) groups is 2. The molecular formula is C23H23ClN2O6S. The quantitative estimate of drug-likeness (QED) is 0.406. The van der Waals surface area contributed by atoms with Gasteiger partial charge in [0.2, 0.25) is 0 Å². The summed E-state index contributed by atoms with van der Waals surface area (Å²) < 4.78 is 21.1. The highest BCUT2D eigenvalue weighted by Crippen LogP contribution is 2.38. The molecular weight excluding hydrogens is 468 g/mol. The van der Waals surface area contributed by atoms with Crippen molar-refractivity contribution in [1.82, 2.24) is 5.32 Å². The Morgan fingerprint density at radius 3 is 2.58 bits per heavy atom. The van der Waals surface area contributed by atoms with Gasteiger partial charge in [0.25, 0.3) is 5.91 Å². The number of thioether (sulfide) groups is 1. The van der Waals surface area contributed by atoms with Crippen molar-refractivity contribution >= 4 is 52.2 Å². The van der Waals surface area contributed by atoms with Gasteiger partial charge >= 0.3 is 5.97 Å². The molecule has 1 amide bonds. The molecule has 0 unspecified atom stereocenters. The average Bonchev–Trinajstić information content (AvgIpc) is 3.12. The van der Waals surface area contributed by atoms with Crippen molar-refractivity contribution in [2.75, 3.05) is 26.9 Å². The number of methoxy groups -OCH3 is 1. The molecule has 33 heavy (non-hydrogen) atoms.